The standard InChI is InChI=1S/C21H23N3O4/c1-5-10-24-12-16(19(25)15-8-6-13(2)22-20(15)24)21(26)23-17-11-14(27-3)7-9-18(17)28-4/h6-9,11-12H,5,10H2,1-4H3,(H,23,26). The van der Waals surface area contributed by atoms with Gasteiger partial charge >= 0.3 is 0 Å². The van der Waals surface area contributed by atoms with Crippen molar-refractivity contribution in [1.29, 1.82) is 0 Å². The number of anilines is 1. The molecule has 0 saturated carbocycles. The maximum atomic E-state index is 12.9. The number of carbonyl (C=O) groups excluding carboxylic acids is 1. The van der Waals surface area contributed by atoms with Gasteiger partial charge < -0.3 is 19.4 Å². The molecule has 0 unspecified atom stereocenters. The first-order valence-electron chi connectivity index (χ1n) is 9.02. The molecule has 1 aromatic carbocycles. The summed E-state index contributed by atoms with van der Waals surface area (Å²) in [5.74, 6) is 0.530. The zero-order valence-electron chi connectivity index (χ0n) is 16.4. The van der Waals surface area contributed by atoms with E-state index in [4.69, 9.17) is 9.47 Å². The summed E-state index contributed by atoms with van der Waals surface area (Å²) in [5, 5.41) is 3.18. The van der Waals surface area contributed by atoms with E-state index in [-0.39, 0.29) is 11.0 Å². The number of methoxy groups -OCH3 is 2. The van der Waals surface area contributed by atoms with Crippen LogP contribution in [0.15, 0.2) is 41.3 Å². The number of rotatable bonds is 6. The van der Waals surface area contributed by atoms with Crippen molar-refractivity contribution in [2.24, 2.45) is 0 Å². The zero-order valence-corrected chi connectivity index (χ0v) is 16.4. The number of fused-ring (bicyclic) bond motifs is 1. The van der Waals surface area contributed by atoms with Crippen molar-refractivity contribution in [3.8, 4) is 11.5 Å². The Balaban J connectivity index is 2.08. The molecule has 146 valence electrons. The maximum absolute atomic E-state index is 12.9. The second kappa shape index (κ2) is 8.12. The Morgan fingerprint density at radius 3 is 2.64 bits per heavy atom. The molecule has 7 nitrogen and oxygen atoms in total. The SMILES string of the molecule is CCCn1cc(C(=O)Nc2cc(OC)ccc2OC)c(=O)c2ccc(C)nc21. The predicted octanol–water partition coefficient (Wildman–Crippen LogP) is 3.38. The molecule has 7 heteroatoms. The smallest absolute Gasteiger partial charge is 0.261 e. The number of aryl methyl sites for hydroxylation is 2. The Labute approximate surface area is 162 Å². The number of nitrogens with one attached hydrogen (secondary N) is 1. The topological polar surface area (TPSA) is 82.5 Å². The van der Waals surface area contributed by atoms with Crippen LogP contribution in [-0.4, -0.2) is 29.7 Å². The Kier molecular flexibility index (Phi) is 5.63. The van der Waals surface area contributed by atoms with Gasteiger partial charge in [0, 0.05) is 24.5 Å². The van der Waals surface area contributed by atoms with Crippen LogP contribution in [0.1, 0.15) is 29.4 Å². The first kappa shape index (κ1) is 19.4. The summed E-state index contributed by atoms with van der Waals surface area (Å²) in [6, 6.07) is 8.55. The number of carbonyl (C=O) groups is 1. The van der Waals surface area contributed by atoms with Gasteiger partial charge in [0.05, 0.1) is 25.3 Å². The summed E-state index contributed by atoms with van der Waals surface area (Å²) in [7, 11) is 3.05. The van der Waals surface area contributed by atoms with Gasteiger partial charge in [0.15, 0.2) is 0 Å². The van der Waals surface area contributed by atoms with E-state index < -0.39 is 5.91 Å². The number of pyridine rings is 2. The number of aromatic nitrogens is 2. The van der Waals surface area contributed by atoms with Crippen molar-refractivity contribution in [1.82, 2.24) is 9.55 Å². The quantitative estimate of drug-likeness (QED) is 0.708. The maximum Gasteiger partial charge on any atom is 0.261 e. The van der Waals surface area contributed by atoms with Crippen molar-refractivity contribution in [3.63, 3.8) is 0 Å². The number of nitrogens with zero attached hydrogens (tertiary/aromatic N) is 2. The fraction of sp³-hybridized carbons (Fsp3) is 0.286. The van der Waals surface area contributed by atoms with E-state index in [1.807, 2.05) is 18.4 Å². The Bertz CT molecular complexity index is 1090. The highest BCUT2D eigenvalue weighted by molar-refractivity contribution is 6.06. The average Bonchev–Trinajstić information content (AvgIpc) is 2.69. The van der Waals surface area contributed by atoms with Gasteiger partial charge in [-0.3, -0.25) is 9.59 Å². The minimum Gasteiger partial charge on any atom is -0.497 e. The van der Waals surface area contributed by atoms with Crippen LogP contribution in [0.4, 0.5) is 5.69 Å². The van der Waals surface area contributed by atoms with E-state index in [9.17, 15) is 9.59 Å². The molecule has 1 amide bonds. The lowest BCUT2D eigenvalue weighted by molar-refractivity contribution is 0.102. The molecule has 2 heterocycles. The van der Waals surface area contributed by atoms with Gasteiger partial charge in [-0.25, -0.2) is 4.98 Å². The van der Waals surface area contributed by atoms with E-state index in [0.717, 1.165) is 12.1 Å². The van der Waals surface area contributed by atoms with E-state index in [2.05, 4.69) is 10.3 Å². The van der Waals surface area contributed by atoms with Crippen molar-refractivity contribution in [2.75, 3.05) is 19.5 Å². The van der Waals surface area contributed by atoms with Crippen molar-refractivity contribution in [2.45, 2.75) is 26.8 Å². The lowest BCUT2D eigenvalue weighted by Gasteiger charge is -2.14. The van der Waals surface area contributed by atoms with Crippen LogP contribution in [0.25, 0.3) is 11.0 Å². The minimum atomic E-state index is -0.510. The molecule has 1 N–H and O–H groups in total. The third-order valence-electron chi connectivity index (χ3n) is 4.42. The molecule has 0 fully saturated rings. The van der Waals surface area contributed by atoms with E-state index in [1.165, 1.54) is 14.2 Å². The van der Waals surface area contributed by atoms with E-state index in [1.54, 1.807) is 36.5 Å². The highest BCUT2D eigenvalue weighted by atomic mass is 16.5. The lowest BCUT2D eigenvalue weighted by Crippen LogP contribution is -2.24. The normalized spacial score (nSPS) is 10.7. The number of hydrogen-bond donors (Lipinski definition) is 1. The number of ether oxygens (including phenoxy) is 2. The lowest BCUT2D eigenvalue weighted by atomic mass is 10.1. The molecule has 0 bridgehead atoms. The van der Waals surface area contributed by atoms with Gasteiger partial charge in [-0.05, 0) is 37.6 Å². The van der Waals surface area contributed by atoms with Crippen molar-refractivity contribution >= 4 is 22.6 Å². The Morgan fingerprint density at radius 1 is 1.18 bits per heavy atom. The molecular formula is C21H23N3O4. The molecule has 0 aliphatic carbocycles. The van der Waals surface area contributed by atoms with Gasteiger partial charge in [-0.1, -0.05) is 6.92 Å². The van der Waals surface area contributed by atoms with E-state index in [0.29, 0.717) is 34.8 Å². The zero-order chi connectivity index (χ0) is 20.3. The van der Waals surface area contributed by atoms with Crippen LogP contribution in [0.3, 0.4) is 0 Å². The van der Waals surface area contributed by atoms with Crippen LogP contribution in [0, 0.1) is 6.92 Å². The van der Waals surface area contributed by atoms with Gasteiger partial charge in [0.25, 0.3) is 5.91 Å². The Hall–Kier alpha value is -3.35. The fourth-order valence-corrected chi connectivity index (χ4v) is 3.03. The summed E-state index contributed by atoms with van der Waals surface area (Å²) in [6.07, 6.45) is 2.42. The third-order valence-corrected chi connectivity index (χ3v) is 4.42. The number of amides is 1. The van der Waals surface area contributed by atoms with Crippen molar-refractivity contribution in [3.05, 3.63) is 58.0 Å². The Morgan fingerprint density at radius 2 is 1.96 bits per heavy atom. The fourth-order valence-electron chi connectivity index (χ4n) is 3.03. The molecule has 0 saturated heterocycles. The van der Waals surface area contributed by atoms with E-state index >= 15 is 0 Å². The highest BCUT2D eigenvalue weighted by Crippen LogP contribution is 2.29. The summed E-state index contributed by atoms with van der Waals surface area (Å²) in [6.45, 7) is 4.55. The average molecular weight is 381 g/mol. The van der Waals surface area contributed by atoms with Crippen LogP contribution < -0.4 is 20.2 Å². The molecule has 3 rings (SSSR count). The summed E-state index contributed by atoms with van der Waals surface area (Å²) in [4.78, 5) is 30.3. The second-order valence-corrected chi connectivity index (χ2v) is 6.41. The summed E-state index contributed by atoms with van der Waals surface area (Å²) in [5.41, 5.74) is 1.53. The van der Waals surface area contributed by atoms with Crippen LogP contribution in [0.2, 0.25) is 0 Å². The van der Waals surface area contributed by atoms with Gasteiger partial charge in [-0.2, -0.15) is 0 Å². The molecule has 0 spiro atoms. The molecule has 0 aliphatic heterocycles. The highest BCUT2D eigenvalue weighted by Gasteiger charge is 2.18. The minimum absolute atomic E-state index is 0.0523. The van der Waals surface area contributed by atoms with Crippen LogP contribution >= 0.6 is 0 Å². The largest absolute Gasteiger partial charge is 0.497 e. The number of hydrogen-bond acceptors (Lipinski definition) is 5. The van der Waals surface area contributed by atoms with Crippen LogP contribution in [0.5, 0.6) is 11.5 Å². The first-order valence-corrected chi connectivity index (χ1v) is 9.02. The molecule has 0 atom stereocenters. The van der Waals surface area contributed by atoms with Gasteiger partial charge in [0.2, 0.25) is 5.43 Å². The monoisotopic (exact) mass is 381 g/mol. The summed E-state index contributed by atoms with van der Waals surface area (Å²) < 4.78 is 12.3. The number of benzene rings is 1. The molecule has 3 aromatic rings. The molecule has 2 aromatic heterocycles. The van der Waals surface area contributed by atoms with Gasteiger partial charge in [0.1, 0.15) is 22.7 Å². The third kappa shape index (κ3) is 3.69. The first-order chi connectivity index (χ1) is 13.5. The second-order valence-electron chi connectivity index (χ2n) is 6.41. The van der Waals surface area contributed by atoms with Crippen molar-refractivity contribution < 1.29 is 14.3 Å². The van der Waals surface area contributed by atoms with Gasteiger partial charge in [-0.15, -0.1) is 0 Å². The summed E-state index contributed by atoms with van der Waals surface area (Å²) >= 11 is 0. The molecule has 0 aliphatic rings. The molecule has 28 heavy (non-hydrogen) atoms. The molecule has 0 radical (unpaired) electrons. The predicted molar refractivity (Wildman–Crippen MR) is 109 cm³/mol. The van der Waals surface area contributed by atoms with Crippen LogP contribution in [-0.2, 0) is 6.54 Å². The molecular weight excluding hydrogens is 358 g/mol.